The molecule has 2 N–H and O–H groups in total. The van der Waals surface area contributed by atoms with E-state index in [9.17, 15) is 9.59 Å². The van der Waals surface area contributed by atoms with Crippen molar-refractivity contribution in [1.82, 2.24) is 5.43 Å². The van der Waals surface area contributed by atoms with Gasteiger partial charge in [0.15, 0.2) is 0 Å². The van der Waals surface area contributed by atoms with Gasteiger partial charge < -0.3 is 10.1 Å². The van der Waals surface area contributed by atoms with Crippen molar-refractivity contribution in [2.45, 2.75) is 6.92 Å². The van der Waals surface area contributed by atoms with Gasteiger partial charge in [0.05, 0.1) is 22.9 Å². The third-order valence-corrected chi connectivity index (χ3v) is 3.71. The van der Waals surface area contributed by atoms with E-state index in [0.29, 0.717) is 28.6 Å². The van der Waals surface area contributed by atoms with E-state index < -0.39 is 11.8 Å². The summed E-state index contributed by atoms with van der Waals surface area (Å²) in [6.07, 6.45) is 1.40. The van der Waals surface area contributed by atoms with E-state index in [1.165, 1.54) is 24.4 Å². The number of benzene rings is 2. The first-order valence-electron chi connectivity index (χ1n) is 7.32. The van der Waals surface area contributed by atoms with Gasteiger partial charge in [0.2, 0.25) is 0 Å². The number of amides is 2. The van der Waals surface area contributed by atoms with Crippen molar-refractivity contribution in [3.8, 4) is 5.75 Å². The smallest absolute Gasteiger partial charge is 0.329 e. The van der Waals surface area contributed by atoms with Crippen molar-refractivity contribution in [3.63, 3.8) is 0 Å². The largest absolute Gasteiger partial charge is 0.493 e. The minimum atomic E-state index is -0.920. The second kappa shape index (κ2) is 9.05. The summed E-state index contributed by atoms with van der Waals surface area (Å²) in [4.78, 5) is 23.6. The number of carbonyl (C=O) groups is 2. The van der Waals surface area contributed by atoms with Crippen LogP contribution in [0.25, 0.3) is 0 Å². The van der Waals surface area contributed by atoms with Crippen molar-refractivity contribution in [1.29, 1.82) is 0 Å². The number of hydrogen-bond donors (Lipinski definition) is 2. The molecule has 0 heterocycles. The maximum absolute atomic E-state index is 11.8. The summed E-state index contributed by atoms with van der Waals surface area (Å²) < 4.78 is 5.44. The Morgan fingerprint density at radius 3 is 2.60 bits per heavy atom. The van der Waals surface area contributed by atoms with Crippen molar-refractivity contribution in [2.24, 2.45) is 5.10 Å². The molecule has 0 saturated carbocycles. The topological polar surface area (TPSA) is 79.8 Å². The number of nitrogens with zero attached hydrogens (tertiary/aromatic N) is 1. The Labute approximate surface area is 154 Å². The molecule has 6 nitrogen and oxygen atoms in total. The quantitative estimate of drug-likeness (QED) is 0.474. The SMILES string of the molecule is CCOc1ccccc1/C=N\NC(=O)C(=O)Nc1ccc(Cl)c(Cl)c1. The molecule has 2 aromatic rings. The van der Waals surface area contributed by atoms with Crippen LogP contribution in [0.1, 0.15) is 12.5 Å². The molecule has 2 amide bonds. The summed E-state index contributed by atoms with van der Waals surface area (Å²) in [5, 5.41) is 6.78. The standard InChI is InChI=1S/C17H15Cl2N3O3/c1-2-25-15-6-4-3-5-11(15)10-20-22-17(24)16(23)21-12-7-8-13(18)14(19)9-12/h3-10H,2H2,1H3,(H,21,23)(H,22,24)/b20-10-. The summed E-state index contributed by atoms with van der Waals surface area (Å²) in [5.74, 6) is -1.17. The summed E-state index contributed by atoms with van der Waals surface area (Å²) in [7, 11) is 0. The van der Waals surface area contributed by atoms with E-state index >= 15 is 0 Å². The zero-order valence-electron chi connectivity index (χ0n) is 13.3. The number of carbonyl (C=O) groups excluding carboxylic acids is 2. The Kier molecular flexibility index (Phi) is 6.80. The Bertz CT molecular complexity index is 809. The average Bonchev–Trinajstić information content (AvgIpc) is 2.59. The van der Waals surface area contributed by atoms with Crippen LogP contribution in [-0.4, -0.2) is 24.6 Å². The minimum Gasteiger partial charge on any atom is -0.493 e. The molecule has 0 aliphatic carbocycles. The molecule has 2 aromatic carbocycles. The van der Waals surface area contributed by atoms with Crippen LogP contribution in [0.4, 0.5) is 5.69 Å². The lowest BCUT2D eigenvalue weighted by Gasteiger charge is -2.06. The van der Waals surface area contributed by atoms with Gasteiger partial charge in [0.25, 0.3) is 0 Å². The van der Waals surface area contributed by atoms with Crippen LogP contribution in [0.15, 0.2) is 47.6 Å². The fraction of sp³-hybridized carbons (Fsp3) is 0.118. The average molecular weight is 380 g/mol. The zero-order chi connectivity index (χ0) is 18.2. The molecule has 25 heavy (non-hydrogen) atoms. The van der Waals surface area contributed by atoms with E-state index in [1.54, 1.807) is 12.1 Å². The zero-order valence-corrected chi connectivity index (χ0v) is 14.8. The molecule has 130 valence electrons. The minimum absolute atomic E-state index is 0.269. The van der Waals surface area contributed by atoms with Crippen LogP contribution in [0.5, 0.6) is 5.75 Å². The van der Waals surface area contributed by atoms with Gasteiger partial charge in [-0.3, -0.25) is 9.59 Å². The van der Waals surface area contributed by atoms with Crippen molar-refractivity contribution >= 4 is 46.9 Å². The van der Waals surface area contributed by atoms with Gasteiger partial charge in [0.1, 0.15) is 5.75 Å². The Morgan fingerprint density at radius 1 is 1.12 bits per heavy atom. The van der Waals surface area contributed by atoms with Crippen molar-refractivity contribution in [2.75, 3.05) is 11.9 Å². The lowest BCUT2D eigenvalue weighted by Crippen LogP contribution is -2.32. The molecule has 0 bridgehead atoms. The van der Waals surface area contributed by atoms with Crippen LogP contribution < -0.4 is 15.5 Å². The fourth-order valence-corrected chi connectivity index (χ4v) is 2.15. The number of para-hydroxylation sites is 1. The fourth-order valence-electron chi connectivity index (χ4n) is 1.85. The van der Waals surface area contributed by atoms with Gasteiger partial charge >= 0.3 is 11.8 Å². The van der Waals surface area contributed by atoms with Gasteiger partial charge in [-0.1, -0.05) is 35.3 Å². The normalized spacial score (nSPS) is 10.5. The Hall–Kier alpha value is -2.57. The van der Waals surface area contributed by atoms with Gasteiger partial charge in [-0.25, -0.2) is 5.43 Å². The molecular weight excluding hydrogens is 365 g/mol. The third kappa shape index (κ3) is 5.48. The number of ether oxygens (including phenoxy) is 1. The predicted octanol–water partition coefficient (Wildman–Crippen LogP) is 3.48. The molecule has 0 atom stereocenters. The van der Waals surface area contributed by atoms with Crippen LogP contribution >= 0.6 is 23.2 Å². The van der Waals surface area contributed by atoms with Crippen molar-refractivity contribution in [3.05, 3.63) is 58.1 Å². The summed E-state index contributed by atoms with van der Waals surface area (Å²) >= 11 is 11.6. The number of rotatable bonds is 5. The van der Waals surface area contributed by atoms with Gasteiger partial charge in [-0.15, -0.1) is 0 Å². The van der Waals surface area contributed by atoms with E-state index in [0.717, 1.165) is 0 Å². The van der Waals surface area contributed by atoms with Crippen molar-refractivity contribution < 1.29 is 14.3 Å². The molecule has 0 aromatic heterocycles. The molecule has 0 spiro atoms. The Morgan fingerprint density at radius 2 is 1.88 bits per heavy atom. The maximum Gasteiger partial charge on any atom is 0.329 e. The molecule has 0 unspecified atom stereocenters. The maximum atomic E-state index is 11.8. The Balaban J connectivity index is 1.95. The number of hydrogen-bond acceptors (Lipinski definition) is 4. The van der Waals surface area contributed by atoms with Crippen LogP contribution in [0, 0.1) is 0 Å². The molecule has 0 radical (unpaired) electrons. The first-order chi connectivity index (χ1) is 12.0. The molecule has 0 aliphatic rings. The highest BCUT2D eigenvalue weighted by Crippen LogP contribution is 2.24. The highest BCUT2D eigenvalue weighted by atomic mass is 35.5. The second-order valence-corrected chi connectivity index (χ2v) is 5.57. The predicted molar refractivity (Wildman–Crippen MR) is 98.4 cm³/mol. The molecule has 0 fully saturated rings. The first kappa shape index (κ1) is 18.8. The number of halogens is 2. The monoisotopic (exact) mass is 379 g/mol. The first-order valence-corrected chi connectivity index (χ1v) is 8.08. The van der Waals surface area contributed by atoms with E-state index in [4.69, 9.17) is 27.9 Å². The number of nitrogens with one attached hydrogen (secondary N) is 2. The number of hydrazone groups is 1. The van der Waals surface area contributed by atoms with E-state index in [-0.39, 0.29) is 5.02 Å². The molecule has 2 rings (SSSR count). The van der Waals surface area contributed by atoms with Crippen LogP contribution in [0.3, 0.4) is 0 Å². The lowest BCUT2D eigenvalue weighted by molar-refractivity contribution is -0.136. The third-order valence-electron chi connectivity index (χ3n) is 2.97. The number of anilines is 1. The van der Waals surface area contributed by atoms with Gasteiger partial charge in [-0.2, -0.15) is 5.10 Å². The van der Waals surface area contributed by atoms with Gasteiger partial charge in [-0.05, 0) is 37.3 Å². The van der Waals surface area contributed by atoms with E-state index in [1.807, 2.05) is 19.1 Å². The van der Waals surface area contributed by atoms with Gasteiger partial charge in [0, 0.05) is 11.3 Å². The summed E-state index contributed by atoms with van der Waals surface area (Å²) in [6, 6.07) is 11.7. The van der Waals surface area contributed by atoms with Crippen LogP contribution in [0.2, 0.25) is 10.0 Å². The highest BCUT2D eigenvalue weighted by molar-refractivity contribution is 6.42. The molecular formula is C17H15Cl2N3O3. The molecule has 0 aliphatic heterocycles. The molecule has 8 heteroatoms. The summed E-state index contributed by atoms with van der Waals surface area (Å²) in [6.45, 7) is 2.37. The highest BCUT2D eigenvalue weighted by Gasteiger charge is 2.13. The summed E-state index contributed by atoms with van der Waals surface area (Å²) in [5.41, 5.74) is 3.17. The van der Waals surface area contributed by atoms with Crippen LogP contribution in [-0.2, 0) is 9.59 Å². The second-order valence-electron chi connectivity index (χ2n) is 4.75. The van der Waals surface area contributed by atoms with E-state index in [2.05, 4.69) is 15.8 Å². The molecule has 0 saturated heterocycles. The lowest BCUT2D eigenvalue weighted by atomic mass is 10.2.